The van der Waals surface area contributed by atoms with Crippen LogP contribution in [0.15, 0.2) is 42.5 Å². The van der Waals surface area contributed by atoms with Gasteiger partial charge in [0, 0.05) is 6.42 Å². The molecule has 0 unspecified atom stereocenters. The van der Waals surface area contributed by atoms with Gasteiger partial charge in [0.2, 0.25) is 0 Å². The monoisotopic (exact) mass is 345 g/mol. The Bertz CT molecular complexity index is 738. The van der Waals surface area contributed by atoms with Gasteiger partial charge in [-0.25, -0.2) is 4.79 Å². The van der Waals surface area contributed by atoms with Crippen molar-refractivity contribution in [2.45, 2.75) is 26.3 Å². The highest BCUT2D eigenvalue weighted by molar-refractivity contribution is 6.33. The third-order valence-electron chi connectivity index (χ3n) is 3.96. The molecule has 2 rings (SSSR count). The average molecular weight is 346 g/mol. The molecule has 0 heterocycles. The summed E-state index contributed by atoms with van der Waals surface area (Å²) in [4.78, 5) is 24.6. The van der Waals surface area contributed by atoms with Crippen molar-refractivity contribution in [3.63, 3.8) is 0 Å². The zero-order chi connectivity index (χ0) is 17.7. The number of nitrogens with one attached hydrogen (secondary N) is 1. The Hall–Kier alpha value is -2.33. The molecule has 5 heteroatoms. The van der Waals surface area contributed by atoms with Crippen LogP contribution >= 0.6 is 11.6 Å². The van der Waals surface area contributed by atoms with Gasteiger partial charge in [0.1, 0.15) is 6.04 Å². The molecule has 0 radical (unpaired) electrons. The highest BCUT2D eigenvalue weighted by Crippen LogP contribution is 2.18. The number of methoxy groups -OCH3 is 1. The van der Waals surface area contributed by atoms with E-state index in [-0.39, 0.29) is 0 Å². The number of amides is 1. The van der Waals surface area contributed by atoms with Gasteiger partial charge >= 0.3 is 5.97 Å². The number of hydrogen-bond acceptors (Lipinski definition) is 3. The van der Waals surface area contributed by atoms with Crippen LogP contribution in [0.3, 0.4) is 0 Å². The zero-order valence-corrected chi connectivity index (χ0v) is 14.7. The third-order valence-corrected chi connectivity index (χ3v) is 4.29. The lowest BCUT2D eigenvalue weighted by atomic mass is 9.96. The fraction of sp³-hybridized carbons (Fsp3) is 0.263. The fourth-order valence-electron chi connectivity index (χ4n) is 2.59. The second-order valence-electron chi connectivity index (χ2n) is 5.60. The van der Waals surface area contributed by atoms with E-state index in [4.69, 9.17) is 16.3 Å². The van der Waals surface area contributed by atoms with Crippen LogP contribution in [0.25, 0.3) is 0 Å². The van der Waals surface area contributed by atoms with E-state index in [0.717, 1.165) is 16.7 Å². The van der Waals surface area contributed by atoms with Crippen molar-refractivity contribution in [3.05, 3.63) is 69.7 Å². The van der Waals surface area contributed by atoms with E-state index in [2.05, 4.69) is 5.32 Å². The van der Waals surface area contributed by atoms with Gasteiger partial charge in [-0.15, -0.1) is 0 Å². The summed E-state index contributed by atoms with van der Waals surface area (Å²) in [6, 6.07) is 11.9. The molecule has 1 amide bonds. The highest BCUT2D eigenvalue weighted by atomic mass is 35.5. The molecular weight excluding hydrogens is 326 g/mol. The summed E-state index contributed by atoms with van der Waals surface area (Å²) in [5.74, 6) is -0.889. The van der Waals surface area contributed by atoms with Gasteiger partial charge in [-0.3, -0.25) is 4.79 Å². The Labute approximate surface area is 146 Å². The van der Waals surface area contributed by atoms with E-state index < -0.39 is 17.9 Å². The Kier molecular flexibility index (Phi) is 5.99. The van der Waals surface area contributed by atoms with Crippen LogP contribution in [0, 0.1) is 13.8 Å². The van der Waals surface area contributed by atoms with Crippen molar-refractivity contribution in [2.75, 3.05) is 7.11 Å². The van der Waals surface area contributed by atoms with Crippen LogP contribution in [0.5, 0.6) is 0 Å². The van der Waals surface area contributed by atoms with Gasteiger partial charge in [0.05, 0.1) is 17.7 Å². The van der Waals surface area contributed by atoms with Crippen molar-refractivity contribution in [3.8, 4) is 0 Å². The zero-order valence-electron chi connectivity index (χ0n) is 13.9. The Morgan fingerprint density at radius 3 is 2.29 bits per heavy atom. The van der Waals surface area contributed by atoms with Crippen LogP contribution in [-0.2, 0) is 16.0 Å². The number of benzene rings is 2. The van der Waals surface area contributed by atoms with Crippen molar-refractivity contribution in [2.24, 2.45) is 0 Å². The van der Waals surface area contributed by atoms with Crippen molar-refractivity contribution in [1.82, 2.24) is 5.32 Å². The largest absolute Gasteiger partial charge is 0.467 e. The first kappa shape index (κ1) is 18.0. The van der Waals surface area contributed by atoms with E-state index in [1.165, 1.54) is 7.11 Å². The highest BCUT2D eigenvalue weighted by Gasteiger charge is 2.24. The van der Waals surface area contributed by atoms with Gasteiger partial charge in [-0.2, -0.15) is 0 Å². The van der Waals surface area contributed by atoms with E-state index in [1.807, 2.05) is 32.0 Å². The Morgan fingerprint density at radius 1 is 1.08 bits per heavy atom. The summed E-state index contributed by atoms with van der Waals surface area (Å²) < 4.78 is 4.84. The molecule has 0 saturated carbocycles. The third kappa shape index (κ3) is 4.15. The molecule has 0 spiro atoms. The Morgan fingerprint density at radius 2 is 1.71 bits per heavy atom. The maximum atomic E-state index is 12.5. The quantitative estimate of drug-likeness (QED) is 0.844. The molecular formula is C19H20ClNO3. The first-order valence-corrected chi connectivity index (χ1v) is 8.00. The van der Waals surface area contributed by atoms with Crippen molar-refractivity contribution in [1.29, 1.82) is 0 Å². The molecule has 126 valence electrons. The van der Waals surface area contributed by atoms with Gasteiger partial charge < -0.3 is 10.1 Å². The van der Waals surface area contributed by atoms with E-state index >= 15 is 0 Å². The average Bonchev–Trinajstić information content (AvgIpc) is 2.56. The molecule has 1 N–H and O–H groups in total. The number of halogens is 1. The summed E-state index contributed by atoms with van der Waals surface area (Å²) in [6.07, 6.45) is 0.362. The summed E-state index contributed by atoms with van der Waals surface area (Å²) in [5, 5.41) is 3.07. The van der Waals surface area contributed by atoms with Gasteiger partial charge in [0.15, 0.2) is 0 Å². The lowest BCUT2D eigenvalue weighted by Crippen LogP contribution is -2.43. The normalized spacial score (nSPS) is 11.7. The van der Waals surface area contributed by atoms with E-state index in [0.29, 0.717) is 17.0 Å². The molecule has 0 aromatic heterocycles. The number of carbonyl (C=O) groups is 2. The molecule has 0 aliphatic heterocycles. The number of aryl methyl sites for hydroxylation is 2. The summed E-state index contributed by atoms with van der Waals surface area (Å²) in [6.45, 7) is 3.96. The fourth-order valence-corrected chi connectivity index (χ4v) is 2.81. The number of ether oxygens (including phenoxy) is 1. The molecule has 2 aromatic rings. The lowest BCUT2D eigenvalue weighted by Gasteiger charge is -2.19. The molecule has 4 nitrogen and oxygen atoms in total. The number of rotatable bonds is 5. The predicted molar refractivity (Wildman–Crippen MR) is 94.3 cm³/mol. The number of hydrogen-bond donors (Lipinski definition) is 1. The van der Waals surface area contributed by atoms with Gasteiger partial charge in [-0.05, 0) is 42.7 Å². The number of carbonyl (C=O) groups excluding carboxylic acids is 2. The molecule has 0 aliphatic rings. The molecule has 0 saturated heterocycles. The summed E-state index contributed by atoms with van der Waals surface area (Å²) >= 11 is 6.05. The predicted octanol–water partition coefficient (Wildman–Crippen LogP) is 3.47. The maximum Gasteiger partial charge on any atom is 0.328 e. The Balaban J connectivity index is 2.25. The number of esters is 1. The first-order chi connectivity index (χ1) is 11.4. The second-order valence-corrected chi connectivity index (χ2v) is 6.01. The van der Waals surface area contributed by atoms with E-state index in [1.54, 1.807) is 24.3 Å². The first-order valence-electron chi connectivity index (χ1n) is 7.62. The standard InChI is InChI=1S/C19H20ClNO3/c1-12-7-6-8-13(2)15(12)11-17(19(23)24-3)21-18(22)14-9-4-5-10-16(14)20/h4-10,17H,11H2,1-3H3,(H,21,22)/t17-/m0/s1. The summed E-state index contributed by atoms with van der Waals surface area (Å²) in [7, 11) is 1.31. The summed E-state index contributed by atoms with van der Waals surface area (Å²) in [5.41, 5.74) is 3.48. The maximum absolute atomic E-state index is 12.5. The minimum absolute atomic E-state index is 0.328. The van der Waals surface area contributed by atoms with Crippen LogP contribution in [0.1, 0.15) is 27.0 Å². The molecule has 24 heavy (non-hydrogen) atoms. The van der Waals surface area contributed by atoms with Crippen LogP contribution < -0.4 is 5.32 Å². The van der Waals surface area contributed by atoms with Gasteiger partial charge in [0.25, 0.3) is 5.91 Å². The molecule has 0 fully saturated rings. The van der Waals surface area contributed by atoms with Crippen LogP contribution in [0.4, 0.5) is 0 Å². The van der Waals surface area contributed by atoms with Crippen molar-refractivity contribution >= 4 is 23.5 Å². The lowest BCUT2D eigenvalue weighted by molar-refractivity contribution is -0.142. The minimum Gasteiger partial charge on any atom is -0.467 e. The molecule has 2 aromatic carbocycles. The van der Waals surface area contributed by atoms with Crippen LogP contribution in [-0.4, -0.2) is 25.0 Å². The minimum atomic E-state index is -0.779. The SMILES string of the molecule is COC(=O)[C@H](Cc1c(C)cccc1C)NC(=O)c1ccccc1Cl. The molecule has 1 atom stereocenters. The van der Waals surface area contributed by atoms with Gasteiger partial charge in [-0.1, -0.05) is 41.9 Å². The smallest absolute Gasteiger partial charge is 0.328 e. The topological polar surface area (TPSA) is 55.4 Å². The molecule has 0 bridgehead atoms. The van der Waals surface area contributed by atoms with Crippen molar-refractivity contribution < 1.29 is 14.3 Å². The second kappa shape index (κ2) is 7.97. The molecule has 0 aliphatic carbocycles. The van der Waals surface area contributed by atoms with E-state index in [9.17, 15) is 9.59 Å². The van der Waals surface area contributed by atoms with Crippen LogP contribution in [0.2, 0.25) is 5.02 Å².